The number of carbonyl (C=O) groups excluding carboxylic acids is 1. The van der Waals surface area contributed by atoms with Crippen LogP contribution in [0.4, 0.5) is 0 Å². The molecule has 4 heteroatoms. The van der Waals surface area contributed by atoms with Crippen LogP contribution in [0.1, 0.15) is 46.0 Å². The molecule has 0 spiro atoms. The maximum atomic E-state index is 12.2. The van der Waals surface area contributed by atoms with E-state index in [0.29, 0.717) is 16.9 Å². The quantitative estimate of drug-likeness (QED) is 0.754. The van der Waals surface area contributed by atoms with Gasteiger partial charge in [-0.1, -0.05) is 32.5 Å². The second-order valence-corrected chi connectivity index (χ2v) is 6.07. The minimum atomic E-state index is -0.501. The zero-order valence-corrected chi connectivity index (χ0v) is 11.5. The second kappa shape index (κ2) is 4.56. The monoisotopic (exact) mass is 254 g/mol. The van der Waals surface area contributed by atoms with Gasteiger partial charge in [-0.2, -0.15) is 0 Å². The van der Waals surface area contributed by atoms with Gasteiger partial charge in [-0.05, 0) is 37.5 Å². The first kappa shape index (κ1) is 12.8. The molecular formula is C13H22N2OS. The molecule has 0 aromatic rings. The molecule has 0 bridgehead atoms. The van der Waals surface area contributed by atoms with Crippen LogP contribution in [0.3, 0.4) is 0 Å². The molecule has 17 heavy (non-hydrogen) atoms. The van der Waals surface area contributed by atoms with Gasteiger partial charge < -0.3 is 11.1 Å². The van der Waals surface area contributed by atoms with Crippen molar-refractivity contribution in [1.82, 2.24) is 5.32 Å². The second-order valence-electron chi connectivity index (χ2n) is 5.63. The zero-order chi connectivity index (χ0) is 12.6. The van der Waals surface area contributed by atoms with Crippen LogP contribution in [0.5, 0.6) is 0 Å². The predicted octanol–water partition coefficient (Wildman–Crippen LogP) is 1.99. The summed E-state index contributed by atoms with van der Waals surface area (Å²) in [5.41, 5.74) is 5.17. The summed E-state index contributed by atoms with van der Waals surface area (Å²) in [5.74, 6) is 1.39. The molecule has 0 saturated heterocycles. The number of hydrogen-bond donors (Lipinski definition) is 2. The lowest BCUT2D eigenvalue weighted by Crippen LogP contribution is -2.45. The molecule has 3 N–H and O–H groups in total. The van der Waals surface area contributed by atoms with Crippen LogP contribution in [0.2, 0.25) is 0 Å². The van der Waals surface area contributed by atoms with Gasteiger partial charge in [-0.3, -0.25) is 4.79 Å². The fourth-order valence-corrected chi connectivity index (χ4v) is 3.34. The van der Waals surface area contributed by atoms with E-state index in [1.165, 1.54) is 12.8 Å². The van der Waals surface area contributed by atoms with Crippen LogP contribution < -0.4 is 11.1 Å². The van der Waals surface area contributed by atoms with Crippen LogP contribution in [0, 0.1) is 17.3 Å². The third-order valence-electron chi connectivity index (χ3n) is 4.72. The van der Waals surface area contributed by atoms with Crippen LogP contribution in [-0.4, -0.2) is 16.9 Å². The van der Waals surface area contributed by atoms with Crippen LogP contribution in [-0.2, 0) is 4.79 Å². The lowest BCUT2D eigenvalue weighted by molar-refractivity contribution is -0.125. The van der Waals surface area contributed by atoms with Crippen LogP contribution in [0.25, 0.3) is 0 Å². The van der Waals surface area contributed by atoms with Crippen molar-refractivity contribution in [3.05, 3.63) is 0 Å². The molecule has 3 unspecified atom stereocenters. The summed E-state index contributed by atoms with van der Waals surface area (Å²) in [7, 11) is 0. The first-order valence-corrected chi connectivity index (χ1v) is 7.03. The molecule has 2 saturated carbocycles. The summed E-state index contributed by atoms with van der Waals surface area (Å²) in [6.07, 6.45) is 5.18. The molecule has 0 aromatic heterocycles. The first-order chi connectivity index (χ1) is 8.01. The van der Waals surface area contributed by atoms with E-state index in [1.807, 2.05) is 0 Å². The minimum Gasteiger partial charge on any atom is -0.392 e. The molecule has 3 atom stereocenters. The molecule has 3 nitrogen and oxygen atoms in total. The smallest absolute Gasteiger partial charge is 0.233 e. The number of nitrogens with one attached hydrogen (secondary N) is 1. The maximum Gasteiger partial charge on any atom is 0.233 e. The van der Waals surface area contributed by atoms with E-state index in [4.69, 9.17) is 18.0 Å². The minimum absolute atomic E-state index is 0.0682. The summed E-state index contributed by atoms with van der Waals surface area (Å²) in [6.45, 7) is 4.47. The standard InChI is InChI=1S/C13H22N2OS/c1-3-9-4-5-10(8(9)2)15-12(16)13(6-7-13)11(14)17/h8-10H,3-7H2,1-2H3,(H2,14,17)(H,15,16). The number of nitrogens with two attached hydrogens (primary N) is 1. The molecule has 2 aliphatic carbocycles. The average molecular weight is 254 g/mol. The average Bonchev–Trinajstić information content (AvgIpc) is 3.03. The molecule has 2 fully saturated rings. The van der Waals surface area contributed by atoms with E-state index in [-0.39, 0.29) is 5.91 Å². The molecule has 2 rings (SSSR count). The Hall–Kier alpha value is -0.640. The van der Waals surface area contributed by atoms with Gasteiger partial charge in [0.1, 0.15) is 0 Å². The van der Waals surface area contributed by atoms with E-state index in [0.717, 1.165) is 25.2 Å². The lowest BCUT2D eigenvalue weighted by atomic mass is 9.93. The van der Waals surface area contributed by atoms with Crippen molar-refractivity contribution < 1.29 is 4.79 Å². The largest absolute Gasteiger partial charge is 0.392 e. The van der Waals surface area contributed by atoms with Crippen molar-refractivity contribution in [2.75, 3.05) is 0 Å². The summed E-state index contributed by atoms with van der Waals surface area (Å²) in [5, 5.41) is 3.17. The SMILES string of the molecule is CCC1CCC(NC(=O)C2(C(N)=S)CC2)C1C. The number of thiocarbonyl (C=S) groups is 1. The highest BCUT2D eigenvalue weighted by Gasteiger charge is 2.53. The Morgan fingerprint density at radius 3 is 2.53 bits per heavy atom. The Labute approximate surface area is 109 Å². The molecule has 0 radical (unpaired) electrons. The third-order valence-corrected chi connectivity index (χ3v) is 5.11. The van der Waals surface area contributed by atoms with Gasteiger partial charge >= 0.3 is 0 Å². The van der Waals surface area contributed by atoms with Gasteiger partial charge in [0.25, 0.3) is 0 Å². The molecular weight excluding hydrogens is 232 g/mol. The topological polar surface area (TPSA) is 55.1 Å². The van der Waals surface area contributed by atoms with E-state index >= 15 is 0 Å². The highest BCUT2D eigenvalue weighted by molar-refractivity contribution is 7.80. The highest BCUT2D eigenvalue weighted by atomic mass is 32.1. The molecule has 0 heterocycles. The molecule has 0 aliphatic heterocycles. The van der Waals surface area contributed by atoms with Gasteiger partial charge in [0.05, 0.1) is 10.4 Å². The van der Waals surface area contributed by atoms with Crippen LogP contribution >= 0.6 is 12.2 Å². The Morgan fingerprint density at radius 1 is 1.47 bits per heavy atom. The number of rotatable bonds is 4. The predicted molar refractivity (Wildman–Crippen MR) is 72.6 cm³/mol. The normalized spacial score (nSPS) is 34.4. The number of hydrogen-bond acceptors (Lipinski definition) is 2. The summed E-state index contributed by atoms with van der Waals surface area (Å²) >= 11 is 5.00. The zero-order valence-electron chi connectivity index (χ0n) is 10.7. The Kier molecular flexibility index (Phi) is 3.43. The summed E-state index contributed by atoms with van der Waals surface area (Å²) < 4.78 is 0. The van der Waals surface area contributed by atoms with Crippen molar-refractivity contribution in [3.63, 3.8) is 0 Å². The van der Waals surface area contributed by atoms with Gasteiger partial charge in [0.2, 0.25) is 5.91 Å². The molecule has 1 amide bonds. The number of carbonyl (C=O) groups is 1. The van der Waals surface area contributed by atoms with Crippen molar-refractivity contribution in [2.45, 2.75) is 52.0 Å². The maximum absolute atomic E-state index is 12.2. The fourth-order valence-electron chi connectivity index (χ4n) is 3.04. The molecule has 0 aromatic carbocycles. The van der Waals surface area contributed by atoms with Gasteiger partial charge in [0.15, 0.2) is 0 Å². The van der Waals surface area contributed by atoms with Gasteiger partial charge in [0, 0.05) is 6.04 Å². The summed E-state index contributed by atoms with van der Waals surface area (Å²) in [6, 6.07) is 0.319. The van der Waals surface area contributed by atoms with Crippen molar-refractivity contribution in [1.29, 1.82) is 0 Å². The Bertz CT molecular complexity index is 338. The highest BCUT2D eigenvalue weighted by Crippen LogP contribution is 2.46. The van der Waals surface area contributed by atoms with Crippen molar-refractivity contribution in [3.8, 4) is 0 Å². The van der Waals surface area contributed by atoms with Crippen molar-refractivity contribution >= 4 is 23.1 Å². The van der Waals surface area contributed by atoms with E-state index in [1.54, 1.807) is 0 Å². The first-order valence-electron chi connectivity index (χ1n) is 6.62. The van der Waals surface area contributed by atoms with Gasteiger partial charge in [-0.25, -0.2) is 0 Å². The van der Waals surface area contributed by atoms with E-state index < -0.39 is 5.41 Å². The van der Waals surface area contributed by atoms with Gasteiger partial charge in [-0.15, -0.1) is 0 Å². The van der Waals surface area contributed by atoms with E-state index in [9.17, 15) is 4.79 Å². The fraction of sp³-hybridized carbons (Fsp3) is 0.846. The van der Waals surface area contributed by atoms with E-state index in [2.05, 4.69) is 19.2 Å². The van der Waals surface area contributed by atoms with Crippen molar-refractivity contribution in [2.24, 2.45) is 23.0 Å². The molecule has 2 aliphatic rings. The Balaban J connectivity index is 1.94. The van der Waals surface area contributed by atoms with Crippen LogP contribution in [0.15, 0.2) is 0 Å². The molecule has 96 valence electrons. The number of amides is 1. The Morgan fingerprint density at radius 2 is 2.12 bits per heavy atom. The summed E-state index contributed by atoms with van der Waals surface area (Å²) in [4.78, 5) is 12.6. The lowest BCUT2D eigenvalue weighted by Gasteiger charge is -2.23. The third kappa shape index (κ3) is 2.19.